The largest absolute Gasteiger partial charge is 0.353 e. The van der Waals surface area contributed by atoms with Crippen LogP contribution in [-0.4, -0.2) is 47.5 Å². The fourth-order valence-electron chi connectivity index (χ4n) is 4.89. The van der Waals surface area contributed by atoms with E-state index in [0.29, 0.717) is 30.0 Å². The van der Waals surface area contributed by atoms with Crippen molar-refractivity contribution < 1.29 is 4.79 Å². The number of hydrogen-bond donors (Lipinski definition) is 2. The molecule has 0 radical (unpaired) electrons. The molecule has 4 heterocycles. The van der Waals surface area contributed by atoms with E-state index in [-0.39, 0.29) is 5.92 Å². The van der Waals surface area contributed by atoms with Crippen LogP contribution < -0.4 is 10.6 Å². The Morgan fingerprint density at radius 2 is 2.00 bits per heavy atom. The second kappa shape index (κ2) is 7.42. The van der Waals surface area contributed by atoms with Crippen molar-refractivity contribution in [2.75, 3.05) is 19.6 Å². The summed E-state index contributed by atoms with van der Waals surface area (Å²) in [6.07, 6.45) is 9.39. The van der Waals surface area contributed by atoms with Crippen LogP contribution >= 0.6 is 0 Å². The van der Waals surface area contributed by atoms with Crippen molar-refractivity contribution in [3.05, 3.63) is 30.1 Å². The summed E-state index contributed by atoms with van der Waals surface area (Å²) in [6, 6.07) is 5.37. The molecule has 2 N–H and O–H groups in total. The maximum atomic E-state index is 12.7. The van der Waals surface area contributed by atoms with E-state index in [0.717, 1.165) is 38.9 Å². The van der Waals surface area contributed by atoms with Crippen molar-refractivity contribution in [3.8, 4) is 0 Å². The predicted octanol–water partition coefficient (Wildman–Crippen LogP) is 2.11. The summed E-state index contributed by atoms with van der Waals surface area (Å²) < 4.78 is 0. The van der Waals surface area contributed by atoms with Gasteiger partial charge in [-0.25, -0.2) is 0 Å². The Hall–Kier alpha value is -1.46. The first-order valence-corrected chi connectivity index (χ1v) is 9.88. The maximum absolute atomic E-state index is 12.7. The van der Waals surface area contributed by atoms with Crippen LogP contribution in [0, 0.1) is 11.8 Å². The molecule has 1 amide bonds. The van der Waals surface area contributed by atoms with Crippen molar-refractivity contribution in [1.82, 2.24) is 20.5 Å². The van der Waals surface area contributed by atoms with E-state index < -0.39 is 0 Å². The average molecular weight is 342 g/mol. The fraction of sp³-hybridized carbons (Fsp3) is 0.700. The first-order chi connectivity index (χ1) is 12.2. The monoisotopic (exact) mass is 342 g/mol. The van der Waals surface area contributed by atoms with Gasteiger partial charge in [0.1, 0.15) is 0 Å². The van der Waals surface area contributed by atoms with Crippen LogP contribution in [0.25, 0.3) is 0 Å². The molecule has 0 aromatic carbocycles. The number of hydrogen-bond acceptors (Lipinski definition) is 4. The van der Waals surface area contributed by atoms with Gasteiger partial charge in [0.15, 0.2) is 0 Å². The fourth-order valence-corrected chi connectivity index (χ4v) is 4.89. The van der Waals surface area contributed by atoms with Crippen molar-refractivity contribution in [2.45, 2.75) is 57.2 Å². The highest BCUT2D eigenvalue weighted by Crippen LogP contribution is 2.34. The van der Waals surface area contributed by atoms with E-state index in [9.17, 15) is 4.79 Å². The average Bonchev–Trinajstić information content (AvgIpc) is 2.69. The first-order valence-electron chi connectivity index (χ1n) is 9.88. The molecule has 25 heavy (non-hydrogen) atoms. The first kappa shape index (κ1) is 17.0. The van der Waals surface area contributed by atoms with E-state index in [2.05, 4.69) is 39.6 Å². The Balaban J connectivity index is 1.27. The van der Waals surface area contributed by atoms with Crippen molar-refractivity contribution >= 4 is 5.91 Å². The number of likely N-dealkylation sites (tertiary alicyclic amines) is 1. The summed E-state index contributed by atoms with van der Waals surface area (Å²) >= 11 is 0. The highest BCUT2D eigenvalue weighted by molar-refractivity contribution is 5.80. The standard InChI is InChI=1S/C20H30N4O/c1-14(16-4-8-21-9-5-16)24-10-6-17(7-11-24)23-20(25)18-12-15-2-3-19(18)22-13-15/h4-5,8-9,14-15,17-19,22H,2-3,6-7,10-13H2,1H3,(H,23,25). The van der Waals surface area contributed by atoms with Gasteiger partial charge in [-0.2, -0.15) is 0 Å². The van der Waals surface area contributed by atoms with Gasteiger partial charge < -0.3 is 10.6 Å². The minimum atomic E-state index is 0.196. The second-order valence-corrected chi connectivity index (χ2v) is 8.08. The normalized spacial score (nSPS) is 31.6. The van der Waals surface area contributed by atoms with Gasteiger partial charge in [0.2, 0.25) is 5.91 Å². The molecule has 3 aliphatic heterocycles. The topological polar surface area (TPSA) is 57.3 Å². The van der Waals surface area contributed by atoms with Gasteiger partial charge in [0.05, 0.1) is 5.92 Å². The van der Waals surface area contributed by atoms with Crippen LogP contribution in [-0.2, 0) is 4.79 Å². The van der Waals surface area contributed by atoms with Crippen molar-refractivity contribution in [2.24, 2.45) is 11.8 Å². The molecule has 136 valence electrons. The number of carbonyl (C=O) groups is 1. The van der Waals surface area contributed by atoms with Gasteiger partial charge in [-0.3, -0.25) is 14.7 Å². The zero-order valence-corrected chi connectivity index (χ0v) is 15.2. The molecule has 1 aliphatic carbocycles. The number of piperidine rings is 3. The highest BCUT2D eigenvalue weighted by Gasteiger charge is 2.39. The van der Waals surface area contributed by atoms with Crippen molar-refractivity contribution in [3.63, 3.8) is 0 Å². The smallest absolute Gasteiger partial charge is 0.224 e. The van der Waals surface area contributed by atoms with Gasteiger partial charge in [-0.05, 0) is 69.2 Å². The number of fused-ring (bicyclic) bond motifs is 3. The number of pyridine rings is 1. The molecule has 4 fully saturated rings. The van der Waals surface area contributed by atoms with Crippen LogP contribution in [0.15, 0.2) is 24.5 Å². The lowest BCUT2D eigenvalue weighted by atomic mass is 9.73. The summed E-state index contributed by atoms with van der Waals surface area (Å²) in [5, 5.41) is 6.91. The molecule has 2 bridgehead atoms. The molecule has 5 nitrogen and oxygen atoms in total. The maximum Gasteiger partial charge on any atom is 0.224 e. The lowest BCUT2D eigenvalue weighted by molar-refractivity contribution is -0.129. The number of carbonyl (C=O) groups excluding carboxylic acids is 1. The summed E-state index contributed by atoms with van der Waals surface area (Å²) in [5.74, 6) is 1.20. The van der Waals surface area contributed by atoms with Gasteiger partial charge in [0.25, 0.3) is 0 Å². The van der Waals surface area contributed by atoms with Gasteiger partial charge in [0, 0.05) is 43.6 Å². The third kappa shape index (κ3) is 3.72. The van der Waals surface area contributed by atoms with Crippen LogP contribution in [0.3, 0.4) is 0 Å². The Bertz CT molecular complexity index is 577. The molecule has 1 aromatic rings. The third-order valence-electron chi connectivity index (χ3n) is 6.58. The number of aromatic nitrogens is 1. The molecule has 1 aromatic heterocycles. The van der Waals surface area contributed by atoms with Gasteiger partial charge in [-0.1, -0.05) is 0 Å². The van der Waals surface area contributed by atoms with Crippen LogP contribution in [0.5, 0.6) is 0 Å². The van der Waals surface area contributed by atoms with Crippen LogP contribution in [0.1, 0.15) is 50.6 Å². The van der Waals surface area contributed by atoms with E-state index in [4.69, 9.17) is 0 Å². The SMILES string of the molecule is CC(c1ccncc1)N1CCC(NC(=O)C2CC3CCC2NC3)CC1. The lowest BCUT2D eigenvalue weighted by Crippen LogP contribution is -2.56. The van der Waals surface area contributed by atoms with Gasteiger partial charge >= 0.3 is 0 Å². The quantitative estimate of drug-likeness (QED) is 0.880. The molecule has 4 atom stereocenters. The molecule has 0 spiro atoms. The number of nitrogens with one attached hydrogen (secondary N) is 2. The van der Waals surface area contributed by atoms with E-state index in [1.54, 1.807) is 0 Å². The van der Waals surface area contributed by atoms with Crippen LogP contribution in [0.2, 0.25) is 0 Å². The number of nitrogens with zero attached hydrogens (tertiary/aromatic N) is 2. The molecule has 3 saturated heterocycles. The lowest BCUT2D eigenvalue weighted by Gasteiger charge is -2.43. The van der Waals surface area contributed by atoms with Crippen LogP contribution in [0.4, 0.5) is 0 Å². The third-order valence-corrected chi connectivity index (χ3v) is 6.58. The highest BCUT2D eigenvalue weighted by atomic mass is 16.2. The zero-order chi connectivity index (χ0) is 17.2. The minimum absolute atomic E-state index is 0.196. The Morgan fingerprint density at radius 1 is 1.24 bits per heavy atom. The zero-order valence-electron chi connectivity index (χ0n) is 15.2. The molecule has 1 saturated carbocycles. The Morgan fingerprint density at radius 3 is 2.60 bits per heavy atom. The predicted molar refractivity (Wildman–Crippen MR) is 98.0 cm³/mol. The van der Waals surface area contributed by atoms with Gasteiger partial charge in [-0.15, -0.1) is 0 Å². The molecular weight excluding hydrogens is 312 g/mol. The van der Waals surface area contributed by atoms with E-state index >= 15 is 0 Å². The molecule has 5 rings (SSSR count). The molecule has 4 unspecified atom stereocenters. The summed E-state index contributed by atoms with van der Waals surface area (Å²) in [7, 11) is 0. The number of rotatable bonds is 4. The van der Waals surface area contributed by atoms with Crippen molar-refractivity contribution in [1.29, 1.82) is 0 Å². The number of amides is 1. The van der Waals surface area contributed by atoms with E-state index in [1.807, 2.05) is 12.4 Å². The summed E-state index contributed by atoms with van der Waals surface area (Å²) in [5.41, 5.74) is 1.32. The Labute approximate surface area is 150 Å². The minimum Gasteiger partial charge on any atom is -0.353 e. The second-order valence-electron chi connectivity index (χ2n) is 8.08. The summed E-state index contributed by atoms with van der Waals surface area (Å²) in [6.45, 7) is 5.46. The Kier molecular flexibility index (Phi) is 5.04. The molecule has 4 aliphatic rings. The molecular formula is C20H30N4O. The van der Waals surface area contributed by atoms with E-state index in [1.165, 1.54) is 18.4 Å². The molecule has 5 heteroatoms. The summed E-state index contributed by atoms with van der Waals surface area (Å²) in [4.78, 5) is 19.3.